The average Bonchev–Trinajstić information content (AvgIpc) is 1.81. The van der Waals surface area contributed by atoms with Gasteiger partial charge < -0.3 is 10.6 Å². The highest BCUT2D eigenvalue weighted by atomic mass is 16.6. The highest BCUT2D eigenvalue weighted by Gasteiger charge is 1.78. The molecule has 0 unspecified atom stereocenters. The van der Waals surface area contributed by atoms with E-state index in [9.17, 15) is 0 Å². The Hall–Kier alpha value is -0.570. The second-order valence-electron chi connectivity index (χ2n) is 1.34. The van der Waals surface area contributed by atoms with Gasteiger partial charge in [0.05, 0.1) is 0 Å². The third-order valence-electron chi connectivity index (χ3n) is 0.620. The lowest BCUT2D eigenvalue weighted by molar-refractivity contribution is 0.144. The molecule has 0 amide bonds. The minimum atomic E-state index is 0.626. The summed E-state index contributed by atoms with van der Waals surface area (Å²) < 4.78 is 0. The first-order valence-corrected chi connectivity index (χ1v) is 2.72. The number of nitrogens with zero attached hydrogens (tertiary/aromatic N) is 1. The molecular weight excluding hydrogens is 104 g/mol. The SMILES string of the molecule is CC=NOCCCN. The molecule has 3 heteroatoms. The van der Waals surface area contributed by atoms with Gasteiger partial charge in [0.25, 0.3) is 0 Å². The molecule has 0 aliphatic rings. The van der Waals surface area contributed by atoms with Crippen molar-refractivity contribution in [1.82, 2.24) is 0 Å². The molecule has 0 radical (unpaired) electrons. The smallest absolute Gasteiger partial charge is 0.118 e. The van der Waals surface area contributed by atoms with Gasteiger partial charge in [-0.25, -0.2) is 0 Å². The molecule has 0 atom stereocenters. The Bertz CT molecular complexity index is 63.4. The summed E-state index contributed by atoms with van der Waals surface area (Å²) in [7, 11) is 0. The summed E-state index contributed by atoms with van der Waals surface area (Å²) in [5.41, 5.74) is 5.18. The molecule has 8 heavy (non-hydrogen) atoms. The van der Waals surface area contributed by atoms with Crippen molar-refractivity contribution >= 4 is 6.21 Å². The van der Waals surface area contributed by atoms with E-state index in [0.717, 1.165) is 6.42 Å². The van der Waals surface area contributed by atoms with Crippen LogP contribution in [-0.4, -0.2) is 19.4 Å². The summed E-state index contributed by atoms with van der Waals surface area (Å²) in [5, 5.41) is 3.53. The molecule has 0 bridgehead atoms. The van der Waals surface area contributed by atoms with Gasteiger partial charge in [-0.3, -0.25) is 0 Å². The summed E-state index contributed by atoms with van der Waals surface area (Å²) >= 11 is 0. The first kappa shape index (κ1) is 7.43. The molecular formula is C5H12N2O. The van der Waals surface area contributed by atoms with E-state index in [1.165, 1.54) is 0 Å². The molecule has 2 N–H and O–H groups in total. The maximum Gasteiger partial charge on any atom is 0.118 e. The number of oxime groups is 1. The van der Waals surface area contributed by atoms with Crippen molar-refractivity contribution in [1.29, 1.82) is 0 Å². The summed E-state index contributed by atoms with van der Waals surface area (Å²) in [6.45, 7) is 3.10. The van der Waals surface area contributed by atoms with Gasteiger partial charge in [0.15, 0.2) is 0 Å². The van der Waals surface area contributed by atoms with Crippen LogP contribution in [0.25, 0.3) is 0 Å². The second-order valence-corrected chi connectivity index (χ2v) is 1.34. The molecule has 3 nitrogen and oxygen atoms in total. The normalized spacial score (nSPS) is 10.2. The third kappa shape index (κ3) is 5.43. The molecule has 0 saturated carbocycles. The Morgan fingerprint density at radius 3 is 3.00 bits per heavy atom. The molecule has 48 valence electrons. The van der Waals surface area contributed by atoms with E-state index in [1.54, 1.807) is 6.21 Å². The first-order chi connectivity index (χ1) is 3.91. The topological polar surface area (TPSA) is 47.6 Å². The third-order valence-corrected chi connectivity index (χ3v) is 0.620. The van der Waals surface area contributed by atoms with Crippen molar-refractivity contribution in [2.75, 3.05) is 13.2 Å². The van der Waals surface area contributed by atoms with Crippen molar-refractivity contribution in [3.63, 3.8) is 0 Å². The van der Waals surface area contributed by atoms with E-state index >= 15 is 0 Å². The van der Waals surface area contributed by atoms with Crippen LogP contribution in [-0.2, 0) is 4.84 Å². The fourth-order valence-electron chi connectivity index (χ4n) is 0.275. The minimum Gasteiger partial charge on any atom is -0.396 e. The molecule has 0 aromatic rings. The van der Waals surface area contributed by atoms with Crippen LogP contribution in [0.1, 0.15) is 13.3 Å². The van der Waals surface area contributed by atoms with E-state index in [-0.39, 0.29) is 0 Å². The highest BCUT2D eigenvalue weighted by molar-refractivity contribution is 5.52. The van der Waals surface area contributed by atoms with Crippen LogP contribution < -0.4 is 5.73 Å². The molecule has 0 saturated heterocycles. The van der Waals surface area contributed by atoms with Crippen LogP contribution in [0.4, 0.5) is 0 Å². The van der Waals surface area contributed by atoms with Crippen molar-refractivity contribution in [2.24, 2.45) is 10.9 Å². The number of rotatable bonds is 4. The maximum absolute atomic E-state index is 5.18. The van der Waals surface area contributed by atoms with Crippen LogP contribution in [0.2, 0.25) is 0 Å². The van der Waals surface area contributed by atoms with Crippen molar-refractivity contribution < 1.29 is 4.84 Å². The Morgan fingerprint density at radius 1 is 1.75 bits per heavy atom. The largest absolute Gasteiger partial charge is 0.396 e. The van der Waals surface area contributed by atoms with Crippen molar-refractivity contribution in [3.05, 3.63) is 0 Å². The lowest BCUT2D eigenvalue weighted by Gasteiger charge is -1.92. The number of nitrogens with two attached hydrogens (primary N) is 1. The average molecular weight is 116 g/mol. The van der Waals surface area contributed by atoms with Crippen molar-refractivity contribution in [2.45, 2.75) is 13.3 Å². The van der Waals surface area contributed by atoms with Crippen LogP contribution in [0.5, 0.6) is 0 Å². The lowest BCUT2D eigenvalue weighted by atomic mass is 10.5. The Morgan fingerprint density at radius 2 is 2.50 bits per heavy atom. The van der Waals surface area contributed by atoms with E-state index in [2.05, 4.69) is 5.16 Å². The van der Waals surface area contributed by atoms with Gasteiger partial charge in [-0.1, -0.05) is 5.16 Å². The second kappa shape index (κ2) is 6.43. The fraction of sp³-hybridized carbons (Fsp3) is 0.800. The number of hydrogen-bond acceptors (Lipinski definition) is 3. The zero-order chi connectivity index (χ0) is 6.24. The van der Waals surface area contributed by atoms with Gasteiger partial charge >= 0.3 is 0 Å². The lowest BCUT2D eigenvalue weighted by Crippen LogP contribution is -2.01. The van der Waals surface area contributed by atoms with Gasteiger partial charge in [0.2, 0.25) is 0 Å². The monoisotopic (exact) mass is 116 g/mol. The van der Waals surface area contributed by atoms with Crippen LogP contribution in [0.15, 0.2) is 5.16 Å². The van der Waals surface area contributed by atoms with Gasteiger partial charge in [0.1, 0.15) is 6.61 Å². The molecule has 0 aliphatic heterocycles. The molecule has 0 heterocycles. The molecule has 0 spiro atoms. The molecule has 0 aliphatic carbocycles. The quantitative estimate of drug-likeness (QED) is 0.327. The Labute approximate surface area is 49.5 Å². The molecule has 0 rings (SSSR count). The maximum atomic E-state index is 5.18. The summed E-state index contributed by atoms with van der Waals surface area (Å²) in [6.07, 6.45) is 2.48. The molecule has 0 aromatic heterocycles. The van der Waals surface area contributed by atoms with Crippen LogP contribution in [0.3, 0.4) is 0 Å². The zero-order valence-electron chi connectivity index (χ0n) is 5.13. The van der Waals surface area contributed by atoms with Crippen molar-refractivity contribution in [3.8, 4) is 0 Å². The van der Waals surface area contributed by atoms with Gasteiger partial charge in [-0.15, -0.1) is 0 Å². The fourth-order valence-corrected chi connectivity index (χ4v) is 0.275. The molecule has 0 aromatic carbocycles. The Balaban J connectivity index is 2.72. The van der Waals surface area contributed by atoms with Gasteiger partial charge in [-0.2, -0.15) is 0 Å². The standard InChI is InChI=1S/C5H12N2O/c1-2-7-8-5-3-4-6/h2H,3-6H2,1H3. The highest BCUT2D eigenvalue weighted by Crippen LogP contribution is 1.77. The van der Waals surface area contributed by atoms with E-state index in [4.69, 9.17) is 10.6 Å². The van der Waals surface area contributed by atoms with Crippen LogP contribution >= 0.6 is 0 Å². The van der Waals surface area contributed by atoms with Gasteiger partial charge in [-0.05, 0) is 19.9 Å². The summed E-state index contributed by atoms with van der Waals surface area (Å²) in [6, 6.07) is 0. The predicted molar refractivity (Wildman–Crippen MR) is 33.8 cm³/mol. The van der Waals surface area contributed by atoms with E-state index < -0.39 is 0 Å². The Kier molecular flexibility index (Phi) is 5.97. The first-order valence-electron chi connectivity index (χ1n) is 2.72. The van der Waals surface area contributed by atoms with E-state index in [0.29, 0.717) is 13.2 Å². The summed E-state index contributed by atoms with van der Waals surface area (Å²) in [5.74, 6) is 0. The van der Waals surface area contributed by atoms with Crippen LogP contribution in [0, 0.1) is 0 Å². The van der Waals surface area contributed by atoms with Gasteiger partial charge in [0, 0.05) is 6.21 Å². The molecule has 0 fully saturated rings. The minimum absolute atomic E-state index is 0.626. The van der Waals surface area contributed by atoms with E-state index in [1.807, 2.05) is 6.92 Å². The number of hydrogen-bond donors (Lipinski definition) is 1. The summed E-state index contributed by atoms with van der Waals surface area (Å²) in [4.78, 5) is 4.71. The zero-order valence-corrected chi connectivity index (χ0v) is 5.13. The predicted octanol–water partition coefficient (Wildman–Crippen LogP) is 0.358.